The molecule has 0 N–H and O–H groups in total. The third-order valence-electron chi connectivity index (χ3n) is 6.97. The van der Waals surface area contributed by atoms with E-state index in [-0.39, 0.29) is 5.54 Å². The number of para-hydroxylation sites is 1. The minimum absolute atomic E-state index is 0.228. The molecule has 1 saturated heterocycles. The van der Waals surface area contributed by atoms with Crippen molar-refractivity contribution >= 4 is 34.8 Å². The molecule has 5 rings (SSSR count). The van der Waals surface area contributed by atoms with Crippen LogP contribution in [-0.2, 0) is 4.74 Å². The van der Waals surface area contributed by atoms with Crippen LogP contribution in [0.5, 0.6) is 0 Å². The van der Waals surface area contributed by atoms with Gasteiger partial charge in [0.15, 0.2) is 5.84 Å². The predicted molar refractivity (Wildman–Crippen MR) is 133 cm³/mol. The summed E-state index contributed by atoms with van der Waals surface area (Å²) < 4.78 is 5.64. The Morgan fingerprint density at radius 1 is 0.938 bits per heavy atom. The van der Waals surface area contributed by atoms with E-state index in [2.05, 4.69) is 54.0 Å². The van der Waals surface area contributed by atoms with Crippen molar-refractivity contribution in [2.24, 2.45) is 9.98 Å². The Morgan fingerprint density at radius 2 is 1.59 bits per heavy atom. The van der Waals surface area contributed by atoms with Crippen LogP contribution in [0.4, 0.5) is 11.4 Å². The summed E-state index contributed by atoms with van der Waals surface area (Å²) in [4.78, 5) is 15.4. The molecule has 1 saturated carbocycles. The summed E-state index contributed by atoms with van der Waals surface area (Å²) in [7, 11) is 0. The summed E-state index contributed by atoms with van der Waals surface area (Å²) in [5, 5.41) is 0.750. The Kier molecular flexibility index (Phi) is 5.95. The van der Waals surface area contributed by atoms with Gasteiger partial charge in [0.2, 0.25) is 5.96 Å². The fraction of sp³-hybridized carbons (Fsp3) is 0.462. The molecule has 0 unspecified atom stereocenters. The fourth-order valence-electron chi connectivity index (χ4n) is 5.27. The van der Waals surface area contributed by atoms with Crippen molar-refractivity contribution in [3.8, 4) is 0 Å². The van der Waals surface area contributed by atoms with Crippen molar-refractivity contribution in [1.29, 1.82) is 0 Å². The summed E-state index contributed by atoms with van der Waals surface area (Å²) in [6.45, 7) is 7.41. The number of guanidine groups is 1. The first-order chi connectivity index (χ1) is 15.6. The first-order valence-electron chi connectivity index (χ1n) is 11.7. The van der Waals surface area contributed by atoms with Crippen LogP contribution in [0.1, 0.15) is 43.2 Å². The Bertz CT molecular complexity index is 1010. The SMILES string of the molecule is Cc1cccc(C)c1N=C1N=C(N2CCOCC2)N(c2ccc(Cl)cc2)C12CCCCC2. The van der Waals surface area contributed by atoms with Gasteiger partial charge >= 0.3 is 0 Å². The zero-order valence-electron chi connectivity index (χ0n) is 19.0. The van der Waals surface area contributed by atoms with Gasteiger partial charge in [0, 0.05) is 23.8 Å². The van der Waals surface area contributed by atoms with E-state index < -0.39 is 0 Å². The molecular weight excluding hydrogens is 420 g/mol. The van der Waals surface area contributed by atoms with E-state index in [1.165, 1.54) is 30.4 Å². The number of hydrogen-bond donors (Lipinski definition) is 0. The molecule has 2 fully saturated rings. The van der Waals surface area contributed by atoms with Crippen molar-refractivity contribution in [3.63, 3.8) is 0 Å². The van der Waals surface area contributed by atoms with Gasteiger partial charge in [-0.15, -0.1) is 0 Å². The number of benzene rings is 2. The second-order valence-corrected chi connectivity index (χ2v) is 9.53. The largest absolute Gasteiger partial charge is 0.378 e. The lowest BCUT2D eigenvalue weighted by Crippen LogP contribution is -2.57. The predicted octanol–water partition coefficient (Wildman–Crippen LogP) is 5.90. The van der Waals surface area contributed by atoms with Gasteiger partial charge in [0.05, 0.1) is 18.9 Å². The van der Waals surface area contributed by atoms with Crippen LogP contribution in [0, 0.1) is 13.8 Å². The number of aryl methyl sites for hydroxylation is 2. The van der Waals surface area contributed by atoms with Gasteiger partial charge in [-0.1, -0.05) is 49.1 Å². The second kappa shape index (κ2) is 8.87. The van der Waals surface area contributed by atoms with Crippen molar-refractivity contribution in [2.45, 2.75) is 51.5 Å². The molecule has 2 aromatic carbocycles. The molecule has 2 aromatic rings. The molecule has 0 atom stereocenters. The van der Waals surface area contributed by atoms with E-state index in [9.17, 15) is 0 Å². The van der Waals surface area contributed by atoms with Crippen LogP contribution < -0.4 is 4.90 Å². The second-order valence-electron chi connectivity index (χ2n) is 9.09. The quantitative estimate of drug-likeness (QED) is 0.572. The van der Waals surface area contributed by atoms with E-state index in [0.717, 1.165) is 67.3 Å². The monoisotopic (exact) mass is 450 g/mol. The molecule has 1 aliphatic carbocycles. The van der Waals surface area contributed by atoms with Gasteiger partial charge in [-0.25, -0.2) is 4.99 Å². The van der Waals surface area contributed by atoms with Crippen LogP contribution in [0.2, 0.25) is 5.02 Å². The number of halogens is 1. The maximum atomic E-state index is 6.25. The van der Waals surface area contributed by atoms with E-state index in [1.54, 1.807) is 0 Å². The molecule has 2 heterocycles. The molecular formula is C26H31ClN4O. The molecule has 0 amide bonds. The van der Waals surface area contributed by atoms with Crippen LogP contribution in [-0.4, -0.2) is 48.5 Å². The average Bonchev–Trinajstić information content (AvgIpc) is 3.11. The van der Waals surface area contributed by atoms with E-state index in [4.69, 9.17) is 26.3 Å². The Labute approximate surface area is 195 Å². The molecule has 1 spiro atoms. The smallest absolute Gasteiger partial charge is 0.208 e. The first kappa shape index (κ1) is 21.5. The Hall–Kier alpha value is -2.37. The number of aliphatic imine (C=N–C) groups is 2. The van der Waals surface area contributed by atoms with Crippen LogP contribution >= 0.6 is 11.6 Å². The molecule has 0 aromatic heterocycles. The minimum Gasteiger partial charge on any atom is -0.378 e. The summed E-state index contributed by atoms with van der Waals surface area (Å²) >= 11 is 6.25. The topological polar surface area (TPSA) is 40.4 Å². The zero-order chi connectivity index (χ0) is 22.1. The number of anilines is 1. The Morgan fingerprint density at radius 3 is 2.25 bits per heavy atom. The maximum absolute atomic E-state index is 6.25. The van der Waals surface area contributed by atoms with Crippen LogP contribution in [0.15, 0.2) is 52.4 Å². The lowest BCUT2D eigenvalue weighted by molar-refractivity contribution is 0.0672. The van der Waals surface area contributed by atoms with Crippen LogP contribution in [0.25, 0.3) is 0 Å². The van der Waals surface area contributed by atoms with Crippen molar-refractivity contribution in [3.05, 3.63) is 58.6 Å². The average molecular weight is 451 g/mol. The highest BCUT2D eigenvalue weighted by Crippen LogP contribution is 2.44. The van der Waals surface area contributed by atoms with E-state index >= 15 is 0 Å². The highest BCUT2D eigenvalue weighted by atomic mass is 35.5. The fourth-order valence-corrected chi connectivity index (χ4v) is 5.40. The summed E-state index contributed by atoms with van der Waals surface area (Å²) in [6, 6.07) is 14.6. The standard InChI is InChI=1S/C26H31ClN4O/c1-19-7-6-8-20(2)23(19)28-24-26(13-4-3-5-14-26)31(22-11-9-21(27)10-12-22)25(29-24)30-15-17-32-18-16-30/h6-12H,3-5,13-18H2,1-2H3. The third kappa shape index (κ3) is 3.82. The van der Waals surface area contributed by atoms with Crippen molar-refractivity contribution in [2.75, 3.05) is 31.2 Å². The number of morpholine rings is 1. The highest BCUT2D eigenvalue weighted by molar-refractivity contribution is 6.30. The summed E-state index contributed by atoms with van der Waals surface area (Å²) in [5.41, 5.74) is 4.34. The number of rotatable bonds is 2. The molecule has 6 heteroatoms. The lowest BCUT2D eigenvalue weighted by Gasteiger charge is -2.44. The summed E-state index contributed by atoms with van der Waals surface area (Å²) in [5.74, 6) is 1.95. The van der Waals surface area contributed by atoms with Gasteiger partial charge in [0.25, 0.3) is 0 Å². The highest BCUT2D eigenvalue weighted by Gasteiger charge is 2.51. The van der Waals surface area contributed by atoms with Gasteiger partial charge in [-0.3, -0.25) is 4.90 Å². The number of nitrogens with zero attached hydrogens (tertiary/aromatic N) is 4. The van der Waals surface area contributed by atoms with Crippen molar-refractivity contribution < 1.29 is 4.74 Å². The van der Waals surface area contributed by atoms with Crippen LogP contribution in [0.3, 0.4) is 0 Å². The zero-order valence-corrected chi connectivity index (χ0v) is 19.7. The summed E-state index contributed by atoms with van der Waals surface area (Å²) in [6.07, 6.45) is 5.73. The normalized spacial score (nSPS) is 22.0. The van der Waals surface area contributed by atoms with Gasteiger partial charge in [0.1, 0.15) is 5.54 Å². The van der Waals surface area contributed by atoms with Crippen molar-refractivity contribution in [1.82, 2.24) is 4.90 Å². The van der Waals surface area contributed by atoms with Gasteiger partial charge < -0.3 is 9.64 Å². The van der Waals surface area contributed by atoms with Gasteiger partial charge in [-0.2, -0.15) is 4.99 Å². The maximum Gasteiger partial charge on any atom is 0.208 e. The molecule has 2 aliphatic heterocycles. The van der Waals surface area contributed by atoms with E-state index in [1.807, 2.05) is 12.1 Å². The number of hydrogen-bond acceptors (Lipinski definition) is 4. The molecule has 0 bridgehead atoms. The lowest BCUT2D eigenvalue weighted by atomic mass is 9.79. The number of amidine groups is 1. The molecule has 5 nitrogen and oxygen atoms in total. The molecule has 3 aliphatic rings. The van der Waals surface area contributed by atoms with E-state index in [0.29, 0.717) is 0 Å². The Balaban J connectivity index is 1.68. The molecule has 32 heavy (non-hydrogen) atoms. The minimum atomic E-state index is -0.228. The molecule has 0 radical (unpaired) electrons. The first-order valence-corrected chi connectivity index (χ1v) is 12.1. The molecule has 168 valence electrons. The third-order valence-corrected chi connectivity index (χ3v) is 7.22. The number of ether oxygens (including phenoxy) is 1. The van der Waals surface area contributed by atoms with Gasteiger partial charge in [-0.05, 0) is 62.1 Å².